The van der Waals surface area contributed by atoms with Gasteiger partial charge in [-0.1, -0.05) is 24.3 Å². The van der Waals surface area contributed by atoms with Crippen LogP contribution in [0.15, 0.2) is 54.9 Å². The first-order valence-corrected chi connectivity index (χ1v) is 9.81. The van der Waals surface area contributed by atoms with Crippen molar-refractivity contribution >= 4 is 11.4 Å². The monoisotopic (exact) mass is 360 g/mol. The second-order valence-electron chi connectivity index (χ2n) is 7.63. The highest BCUT2D eigenvalue weighted by molar-refractivity contribution is 5.95. The molecule has 0 N–H and O–H groups in total. The minimum Gasteiger partial charge on any atom is -0.337 e. The van der Waals surface area contributed by atoms with E-state index in [9.17, 15) is 4.79 Å². The van der Waals surface area contributed by atoms with Crippen molar-refractivity contribution in [3.8, 4) is 0 Å². The molecule has 1 saturated heterocycles. The Morgan fingerprint density at radius 3 is 2.59 bits per heavy atom. The second kappa shape index (κ2) is 6.82. The van der Waals surface area contributed by atoms with Crippen LogP contribution in [-0.2, 0) is 12.8 Å². The predicted octanol–water partition coefficient (Wildman–Crippen LogP) is 2.65. The molecule has 2 aliphatic rings. The molecule has 138 valence electrons. The maximum Gasteiger partial charge on any atom is 0.254 e. The zero-order valence-electron chi connectivity index (χ0n) is 15.4. The molecule has 0 spiro atoms. The number of nitrogens with zero attached hydrogens (tertiary/aromatic N) is 4. The third-order valence-electron chi connectivity index (χ3n) is 6.01. The highest BCUT2D eigenvalue weighted by Crippen LogP contribution is 2.26. The van der Waals surface area contributed by atoms with E-state index in [4.69, 9.17) is 0 Å². The second-order valence-corrected chi connectivity index (χ2v) is 7.63. The number of carbonyl (C=O) groups excluding carboxylic acids is 1. The number of aromatic nitrogens is 2. The van der Waals surface area contributed by atoms with Crippen molar-refractivity contribution in [1.82, 2.24) is 19.4 Å². The minimum atomic E-state index is 0.134. The molecule has 0 atom stereocenters. The zero-order chi connectivity index (χ0) is 18.2. The van der Waals surface area contributed by atoms with Gasteiger partial charge < -0.3 is 4.90 Å². The van der Waals surface area contributed by atoms with Crippen LogP contribution in [0.1, 0.15) is 27.9 Å². The van der Waals surface area contributed by atoms with Crippen molar-refractivity contribution in [2.24, 2.45) is 0 Å². The van der Waals surface area contributed by atoms with Gasteiger partial charge in [-0.3, -0.25) is 9.69 Å². The van der Waals surface area contributed by atoms with Gasteiger partial charge in [-0.15, -0.1) is 0 Å². The highest BCUT2D eigenvalue weighted by atomic mass is 16.2. The van der Waals surface area contributed by atoms with Gasteiger partial charge >= 0.3 is 0 Å². The Hall–Kier alpha value is -2.66. The van der Waals surface area contributed by atoms with E-state index < -0.39 is 0 Å². The van der Waals surface area contributed by atoms with Crippen LogP contribution in [0.4, 0.5) is 0 Å². The van der Waals surface area contributed by atoms with Gasteiger partial charge in [0.1, 0.15) is 0 Å². The normalized spacial score (nSPS) is 18.6. The molecule has 27 heavy (non-hydrogen) atoms. The Balaban J connectivity index is 1.26. The largest absolute Gasteiger partial charge is 0.337 e. The van der Waals surface area contributed by atoms with E-state index in [1.54, 1.807) is 10.7 Å². The third-order valence-corrected chi connectivity index (χ3v) is 6.01. The zero-order valence-corrected chi connectivity index (χ0v) is 15.4. The van der Waals surface area contributed by atoms with Crippen LogP contribution in [0.25, 0.3) is 5.52 Å². The smallest absolute Gasteiger partial charge is 0.254 e. The summed E-state index contributed by atoms with van der Waals surface area (Å²) in [5, 5.41) is 4.20. The van der Waals surface area contributed by atoms with E-state index in [2.05, 4.69) is 34.3 Å². The number of fused-ring (bicyclic) bond motifs is 2. The molecule has 0 radical (unpaired) electrons. The lowest BCUT2D eigenvalue weighted by molar-refractivity contribution is 0.0758. The molecule has 1 fully saturated rings. The van der Waals surface area contributed by atoms with E-state index >= 15 is 0 Å². The van der Waals surface area contributed by atoms with Gasteiger partial charge in [0, 0.05) is 50.2 Å². The maximum absolute atomic E-state index is 13.0. The van der Waals surface area contributed by atoms with E-state index in [1.165, 1.54) is 11.1 Å². The lowest BCUT2D eigenvalue weighted by Crippen LogP contribution is -2.40. The van der Waals surface area contributed by atoms with Gasteiger partial charge in [0.2, 0.25) is 0 Å². The first-order chi connectivity index (χ1) is 13.3. The fourth-order valence-electron chi connectivity index (χ4n) is 4.54. The number of hydrogen-bond acceptors (Lipinski definition) is 3. The quantitative estimate of drug-likeness (QED) is 0.705. The van der Waals surface area contributed by atoms with Gasteiger partial charge in [0.25, 0.3) is 5.91 Å². The number of hydrogen-bond donors (Lipinski definition) is 0. The van der Waals surface area contributed by atoms with Crippen LogP contribution in [0.3, 0.4) is 0 Å². The molecule has 1 aliphatic heterocycles. The van der Waals surface area contributed by atoms with Crippen LogP contribution < -0.4 is 0 Å². The van der Waals surface area contributed by atoms with Crippen LogP contribution in [-0.4, -0.2) is 57.5 Å². The molecular weight excluding hydrogens is 336 g/mol. The average molecular weight is 360 g/mol. The SMILES string of the molecule is O=C(c1ccn2nccc2c1)N1CCCN(C2Cc3ccccc3C2)CC1. The van der Waals surface area contributed by atoms with Crippen molar-refractivity contribution in [2.75, 3.05) is 26.2 Å². The van der Waals surface area contributed by atoms with Crippen molar-refractivity contribution in [2.45, 2.75) is 25.3 Å². The van der Waals surface area contributed by atoms with Crippen molar-refractivity contribution in [3.63, 3.8) is 0 Å². The standard InChI is InChI=1S/C22H24N4O/c27-22(19-7-11-26-20(16-19)6-8-23-26)25-10-3-9-24(12-13-25)21-14-17-4-1-2-5-18(17)15-21/h1-2,4-8,11,16,21H,3,9-10,12-15H2. The topological polar surface area (TPSA) is 40.9 Å². The third kappa shape index (κ3) is 3.12. The summed E-state index contributed by atoms with van der Waals surface area (Å²) in [7, 11) is 0. The Bertz CT molecular complexity index is 954. The van der Waals surface area contributed by atoms with Crippen LogP contribution in [0.5, 0.6) is 0 Å². The summed E-state index contributed by atoms with van der Waals surface area (Å²) in [5.41, 5.74) is 4.70. The molecule has 0 saturated carbocycles. The molecular formula is C22H24N4O. The summed E-state index contributed by atoms with van der Waals surface area (Å²) in [4.78, 5) is 17.6. The molecule has 5 nitrogen and oxygen atoms in total. The molecule has 1 aromatic carbocycles. The van der Waals surface area contributed by atoms with Gasteiger partial charge in [-0.05, 0) is 48.6 Å². The Morgan fingerprint density at radius 1 is 0.963 bits per heavy atom. The first-order valence-electron chi connectivity index (χ1n) is 9.81. The fourth-order valence-corrected chi connectivity index (χ4v) is 4.54. The van der Waals surface area contributed by atoms with Gasteiger partial charge in [-0.25, -0.2) is 4.52 Å². The predicted molar refractivity (Wildman–Crippen MR) is 105 cm³/mol. The summed E-state index contributed by atoms with van der Waals surface area (Å²) in [6, 6.07) is 15.1. The molecule has 0 bridgehead atoms. The summed E-state index contributed by atoms with van der Waals surface area (Å²) in [6.45, 7) is 3.67. The van der Waals surface area contributed by atoms with E-state index in [0.29, 0.717) is 6.04 Å². The molecule has 5 rings (SSSR count). The number of carbonyl (C=O) groups is 1. The molecule has 1 aliphatic carbocycles. The highest BCUT2D eigenvalue weighted by Gasteiger charge is 2.29. The van der Waals surface area contributed by atoms with Crippen molar-refractivity contribution in [3.05, 3.63) is 71.5 Å². The lowest BCUT2D eigenvalue weighted by atomic mass is 10.1. The summed E-state index contributed by atoms with van der Waals surface area (Å²) in [6.07, 6.45) is 6.94. The Kier molecular flexibility index (Phi) is 4.17. The molecule has 2 aromatic heterocycles. The summed E-state index contributed by atoms with van der Waals surface area (Å²) < 4.78 is 1.79. The number of pyridine rings is 1. The van der Waals surface area contributed by atoms with E-state index in [-0.39, 0.29) is 5.91 Å². The average Bonchev–Trinajstić information content (AvgIpc) is 3.27. The molecule has 3 aromatic rings. The number of amides is 1. The first kappa shape index (κ1) is 16.5. The van der Waals surface area contributed by atoms with Gasteiger partial charge in [0.05, 0.1) is 5.52 Å². The van der Waals surface area contributed by atoms with Crippen LogP contribution >= 0.6 is 0 Å². The summed E-state index contributed by atoms with van der Waals surface area (Å²) in [5.74, 6) is 0.134. The summed E-state index contributed by atoms with van der Waals surface area (Å²) >= 11 is 0. The number of rotatable bonds is 2. The Labute approximate surface area is 159 Å². The van der Waals surface area contributed by atoms with Crippen molar-refractivity contribution in [1.29, 1.82) is 0 Å². The van der Waals surface area contributed by atoms with E-state index in [1.807, 2.05) is 29.3 Å². The molecule has 1 amide bonds. The minimum absolute atomic E-state index is 0.134. The lowest BCUT2D eigenvalue weighted by Gasteiger charge is -2.27. The molecule has 3 heterocycles. The van der Waals surface area contributed by atoms with E-state index in [0.717, 1.165) is 56.5 Å². The molecule has 0 unspecified atom stereocenters. The van der Waals surface area contributed by atoms with Gasteiger partial charge in [0.15, 0.2) is 0 Å². The number of benzene rings is 1. The van der Waals surface area contributed by atoms with Crippen molar-refractivity contribution < 1.29 is 4.79 Å². The van der Waals surface area contributed by atoms with Crippen LogP contribution in [0.2, 0.25) is 0 Å². The fraction of sp³-hybridized carbons (Fsp3) is 0.364. The Morgan fingerprint density at radius 2 is 1.78 bits per heavy atom. The van der Waals surface area contributed by atoms with Gasteiger partial charge in [-0.2, -0.15) is 5.10 Å². The molecule has 5 heteroatoms. The van der Waals surface area contributed by atoms with Crippen LogP contribution in [0, 0.1) is 0 Å². The maximum atomic E-state index is 13.0.